The standard InChI is InChI=1S/C22H23F2N7O2/c1-12-10-31(11-13(2)33-12)22-26-9-17(24)20(28-22)27-18-8-16(14-4-6-15(23)7-5-14)19(30-29-18)21(32)25-3/h4-9,12-13H,10-11H2,1-3H3,(H,25,32)(H,26,27,28,29)/t12-,13+. The van der Waals surface area contributed by atoms with Crippen molar-refractivity contribution in [3.8, 4) is 11.1 Å². The molecule has 0 saturated carbocycles. The molecule has 1 fully saturated rings. The van der Waals surface area contributed by atoms with E-state index in [0.29, 0.717) is 30.2 Å². The first-order valence-corrected chi connectivity index (χ1v) is 10.4. The second kappa shape index (κ2) is 9.41. The van der Waals surface area contributed by atoms with Crippen molar-refractivity contribution in [1.82, 2.24) is 25.5 Å². The van der Waals surface area contributed by atoms with Crippen LogP contribution in [0.3, 0.4) is 0 Å². The maximum absolute atomic E-state index is 14.5. The lowest BCUT2D eigenvalue weighted by Crippen LogP contribution is -2.46. The van der Waals surface area contributed by atoms with Gasteiger partial charge in [0.15, 0.2) is 23.1 Å². The van der Waals surface area contributed by atoms with E-state index in [0.717, 1.165) is 6.20 Å². The highest BCUT2D eigenvalue weighted by Gasteiger charge is 2.25. The summed E-state index contributed by atoms with van der Waals surface area (Å²) in [4.78, 5) is 22.6. The quantitative estimate of drug-likeness (QED) is 0.605. The van der Waals surface area contributed by atoms with Crippen LogP contribution >= 0.6 is 0 Å². The molecule has 3 heterocycles. The maximum Gasteiger partial charge on any atom is 0.272 e. The molecule has 1 saturated heterocycles. The van der Waals surface area contributed by atoms with Crippen molar-refractivity contribution in [3.05, 3.63) is 53.9 Å². The number of rotatable bonds is 5. The number of aromatic nitrogens is 4. The predicted molar refractivity (Wildman–Crippen MR) is 118 cm³/mol. The van der Waals surface area contributed by atoms with E-state index in [2.05, 4.69) is 30.8 Å². The van der Waals surface area contributed by atoms with Gasteiger partial charge in [0.1, 0.15) is 5.82 Å². The molecular formula is C22H23F2N7O2. The van der Waals surface area contributed by atoms with E-state index in [1.54, 1.807) is 0 Å². The zero-order valence-electron chi connectivity index (χ0n) is 18.3. The lowest BCUT2D eigenvalue weighted by Gasteiger charge is -2.35. The first-order valence-electron chi connectivity index (χ1n) is 10.4. The average Bonchev–Trinajstić information content (AvgIpc) is 2.80. The summed E-state index contributed by atoms with van der Waals surface area (Å²) in [6.45, 7) is 5.05. The molecule has 11 heteroatoms. The van der Waals surface area contributed by atoms with Crippen molar-refractivity contribution >= 4 is 23.5 Å². The zero-order valence-corrected chi connectivity index (χ0v) is 18.3. The number of carbonyl (C=O) groups excluding carboxylic acids is 1. The van der Waals surface area contributed by atoms with Gasteiger partial charge in [0.25, 0.3) is 5.91 Å². The summed E-state index contributed by atoms with van der Waals surface area (Å²) in [5.41, 5.74) is 1.00. The molecule has 1 aliphatic rings. The molecule has 3 aromatic rings. The molecule has 0 unspecified atom stereocenters. The minimum Gasteiger partial charge on any atom is -0.372 e. The Balaban J connectivity index is 1.67. The molecule has 1 aliphatic heterocycles. The number of hydrogen-bond acceptors (Lipinski definition) is 8. The summed E-state index contributed by atoms with van der Waals surface area (Å²) in [5, 5.41) is 13.3. The van der Waals surface area contributed by atoms with Gasteiger partial charge in [0, 0.05) is 25.7 Å². The van der Waals surface area contributed by atoms with Crippen molar-refractivity contribution in [2.75, 3.05) is 30.4 Å². The van der Waals surface area contributed by atoms with Crippen molar-refractivity contribution in [2.24, 2.45) is 0 Å². The molecular weight excluding hydrogens is 432 g/mol. The van der Waals surface area contributed by atoms with Crippen LogP contribution in [0.15, 0.2) is 36.5 Å². The highest BCUT2D eigenvalue weighted by molar-refractivity contribution is 5.99. The van der Waals surface area contributed by atoms with Crippen LogP contribution in [0.1, 0.15) is 24.3 Å². The molecule has 1 aromatic carbocycles. The van der Waals surface area contributed by atoms with Crippen LogP contribution in [0.4, 0.5) is 26.4 Å². The molecule has 0 bridgehead atoms. The number of halogens is 2. The Bertz CT molecular complexity index is 1150. The van der Waals surface area contributed by atoms with Crippen molar-refractivity contribution in [2.45, 2.75) is 26.1 Å². The Kier molecular flexibility index (Phi) is 6.40. The van der Waals surface area contributed by atoms with Crippen molar-refractivity contribution < 1.29 is 18.3 Å². The van der Waals surface area contributed by atoms with Gasteiger partial charge in [-0.25, -0.2) is 13.8 Å². The van der Waals surface area contributed by atoms with Gasteiger partial charge in [0.2, 0.25) is 5.95 Å². The molecule has 2 N–H and O–H groups in total. The highest BCUT2D eigenvalue weighted by atomic mass is 19.1. The Morgan fingerprint density at radius 2 is 1.82 bits per heavy atom. The summed E-state index contributed by atoms with van der Waals surface area (Å²) in [7, 11) is 1.47. The minimum absolute atomic E-state index is 0.0137. The number of ether oxygens (including phenoxy) is 1. The Morgan fingerprint density at radius 1 is 1.12 bits per heavy atom. The Hall–Kier alpha value is -3.73. The van der Waals surface area contributed by atoms with E-state index < -0.39 is 17.5 Å². The Labute approximate surface area is 189 Å². The molecule has 4 rings (SSSR count). The molecule has 9 nitrogen and oxygen atoms in total. The number of nitrogens with zero attached hydrogens (tertiary/aromatic N) is 5. The summed E-state index contributed by atoms with van der Waals surface area (Å²) in [6, 6.07) is 7.12. The van der Waals surface area contributed by atoms with Gasteiger partial charge in [-0.15, -0.1) is 10.2 Å². The van der Waals surface area contributed by atoms with Crippen LogP contribution in [0.5, 0.6) is 0 Å². The van der Waals surface area contributed by atoms with Crippen LogP contribution in [0, 0.1) is 11.6 Å². The SMILES string of the molecule is CNC(=O)c1nnc(Nc2nc(N3C[C@@H](C)O[C@@H](C)C3)ncc2F)cc1-c1ccc(F)cc1. The van der Waals surface area contributed by atoms with Crippen LogP contribution < -0.4 is 15.5 Å². The molecule has 0 radical (unpaired) electrons. The smallest absolute Gasteiger partial charge is 0.272 e. The van der Waals surface area contributed by atoms with Crippen LogP contribution in [-0.4, -0.2) is 58.4 Å². The van der Waals surface area contributed by atoms with E-state index in [4.69, 9.17) is 4.74 Å². The molecule has 0 spiro atoms. The third-order valence-corrected chi connectivity index (χ3v) is 5.07. The Morgan fingerprint density at radius 3 is 2.48 bits per heavy atom. The van der Waals surface area contributed by atoms with Gasteiger partial charge in [-0.1, -0.05) is 12.1 Å². The van der Waals surface area contributed by atoms with Gasteiger partial charge in [-0.05, 0) is 37.6 Å². The third kappa shape index (κ3) is 5.03. The van der Waals surface area contributed by atoms with Gasteiger partial charge < -0.3 is 20.3 Å². The van der Waals surface area contributed by atoms with Crippen molar-refractivity contribution in [3.63, 3.8) is 0 Å². The van der Waals surface area contributed by atoms with Crippen LogP contribution in [-0.2, 0) is 4.74 Å². The van der Waals surface area contributed by atoms with E-state index in [1.165, 1.54) is 37.4 Å². The number of anilines is 3. The molecule has 0 aliphatic carbocycles. The fraction of sp³-hybridized carbons (Fsp3) is 0.318. The molecule has 2 aromatic heterocycles. The predicted octanol–water partition coefficient (Wildman–Crippen LogP) is 2.93. The van der Waals surface area contributed by atoms with E-state index in [1.807, 2.05) is 18.7 Å². The number of carbonyl (C=O) groups is 1. The number of hydrogen-bond donors (Lipinski definition) is 2. The van der Waals surface area contributed by atoms with E-state index in [-0.39, 0.29) is 29.5 Å². The topological polar surface area (TPSA) is 105 Å². The van der Waals surface area contributed by atoms with E-state index >= 15 is 0 Å². The fourth-order valence-electron chi connectivity index (χ4n) is 3.65. The monoisotopic (exact) mass is 455 g/mol. The largest absolute Gasteiger partial charge is 0.372 e. The van der Waals surface area contributed by atoms with Gasteiger partial charge in [0.05, 0.1) is 18.4 Å². The van der Waals surface area contributed by atoms with Gasteiger partial charge >= 0.3 is 0 Å². The van der Waals surface area contributed by atoms with Gasteiger partial charge in [-0.2, -0.15) is 4.98 Å². The normalized spacial score (nSPS) is 18.2. The van der Waals surface area contributed by atoms with E-state index in [9.17, 15) is 13.6 Å². The zero-order chi connectivity index (χ0) is 23.5. The lowest BCUT2D eigenvalue weighted by atomic mass is 10.0. The number of morpholine rings is 1. The fourth-order valence-corrected chi connectivity index (χ4v) is 3.65. The summed E-state index contributed by atoms with van der Waals surface area (Å²) < 4.78 is 33.6. The molecule has 1 amide bonds. The van der Waals surface area contributed by atoms with Crippen molar-refractivity contribution in [1.29, 1.82) is 0 Å². The third-order valence-electron chi connectivity index (χ3n) is 5.07. The maximum atomic E-state index is 14.5. The number of nitrogens with one attached hydrogen (secondary N) is 2. The lowest BCUT2D eigenvalue weighted by molar-refractivity contribution is -0.00572. The van der Waals surface area contributed by atoms with Crippen LogP contribution in [0.2, 0.25) is 0 Å². The number of amides is 1. The summed E-state index contributed by atoms with van der Waals surface area (Å²) >= 11 is 0. The number of benzene rings is 1. The first kappa shape index (κ1) is 22.5. The minimum atomic E-state index is -0.673. The second-order valence-corrected chi connectivity index (χ2v) is 7.73. The highest BCUT2D eigenvalue weighted by Crippen LogP contribution is 2.27. The summed E-state index contributed by atoms with van der Waals surface area (Å²) in [5.74, 6) is -1.11. The molecule has 2 atom stereocenters. The molecule has 172 valence electrons. The average molecular weight is 455 g/mol. The summed E-state index contributed by atoms with van der Waals surface area (Å²) in [6.07, 6.45) is 1.06. The second-order valence-electron chi connectivity index (χ2n) is 7.73. The molecule has 33 heavy (non-hydrogen) atoms. The van der Waals surface area contributed by atoms with Crippen LogP contribution in [0.25, 0.3) is 11.1 Å². The first-order chi connectivity index (χ1) is 15.8. The van der Waals surface area contributed by atoms with Gasteiger partial charge in [-0.3, -0.25) is 4.79 Å².